The Morgan fingerprint density at radius 2 is 2.00 bits per heavy atom. The number of halogens is 1. The average molecular weight is 271 g/mol. The number of rotatable bonds is 5. The van der Waals surface area contributed by atoms with E-state index >= 15 is 0 Å². The van der Waals surface area contributed by atoms with Gasteiger partial charge in [0.2, 0.25) is 0 Å². The second-order valence-electron chi connectivity index (χ2n) is 4.00. The fraction of sp³-hybridized carbons (Fsp3) is 0.500. The molecule has 2 nitrogen and oxygen atoms in total. The molecule has 0 unspecified atom stereocenters. The number of hydrogen-bond donors (Lipinski definition) is 1. The van der Waals surface area contributed by atoms with Crippen molar-refractivity contribution in [3.8, 4) is 0 Å². The Hall–Kier alpha value is -0.380. The lowest BCUT2D eigenvalue weighted by Gasteiger charge is -2.17. The molecule has 1 atom stereocenters. The molecule has 0 spiro atoms. The normalized spacial score (nSPS) is 13.1. The fourth-order valence-corrected chi connectivity index (χ4v) is 2.07. The summed E-state index contributed by atoms with van der Waals surface area (Å²) in [4.78, 5) is 2.18. The molecule has 0 aliphatic carbocycles. The second-order valence-corrected chi connectivity index (χ2v) is 4.85. The van der Waals surface area contributed by atoms with E-state index in [9.17, 15) is 0 Å². The summed E-state index contributed by atoms with van der Waals surface area (Å²) in [7, 11) is 4.18. The lowest BCUT2D eigenvalue weighted by molar-refractivity contribution is 0.389. The molecule has 1 aromatic rings. The highest BCUT2D eigenvalue weighted by Gasteiger charge is 2.07. The first-order valence-electron chi connectivity index (χ1n) is 5.24. The molecular weight excluding hydrogens is 252 g/mol. The van der Waals surface area contributed by atoms with E-state index in [1.165, 1.54) is 10.0 Å². The van der Waals surface area contributed by atoms with Gasteiger partial charge >= 0.3 is 0 Å². The Balaban J connectivity index is 2.47. The third-order valence-corrected chi connectivity index (χ3v) is 3.10. The Morgan fingerprint density at radius 1 is 1.33 bits per heavy atom. The topological polar surface area (TPSA) is 15.3 Å². The van der Waals surface area contributed by atoms with Gasteiger partial charge in [0.15, 0.2) is 0 Å². The van der Waals surface area contributed by atoms with E-state index in [1.54, 1.807) is 0 Å². The minimum Gasteiger partial charge on any atom is -0.309 e. The van der Waals surface area contributed by atoms with Gasteiger partial charge in [0.25, 0.3) is 0 Å². The van der Waals surface area contributed by atoms with Crippen molar-refractivity contribution < 1.29 is 0 Å². The zero-order chi connectivity index (χ0) is 11.3. The van der Waals surface area contributed by atoms with E-state index in [2.05, 4.69) is 65.4 Å². The molecule has 15 heavy (non-hydrogen) atoms. The maximum absolute atomic E-state index is 3.57. The van der Waals surface area contributed by atoms with Crippen LogP contribution in [0.2, 0.25) is 0 Å². The molecule has 0 saturated heterocycles. The highest BCUT2D eigenvalue weighted by Crippen LogP contribution is 2.22. The minimum absolute atomic E-state index is 0.389. The molecule has 0 saturated carbocycles. The van der Waals surface area contributed by atoms with Crippen LogP contribution in [-0.4, -0.2) is 32.1 Å². The van der Waals surface area contributed by atoms with Crippen LogP contribution in [0.4, 0.5) is 0 Å². The molecule has 0 aliphatic rings. The first-order chi connectivity index (χ1) is 7.11. The van der Waals surface area contributed by atoms with Gasteiger partial charge in [-0.25, -0.2) is 0 Å². The zero-order valence-corrected chi connectivity index (χ0v) is 11.2. The van der Waals surface area contributed by atoms with E-state index in [0.717, 1.165) is 13.1 Å². The van der Waals surface area contributed by atoms with Gasteiger partial charge in [-0.05, 0) is 32.6 Å². The summed E-state index contributed by atoms with van der Waals surface area (Å²) in [5.41, 5.74) is 1.32. The van der Waals surface area contributed by atoms with Crippen LogP contribution >= 0.6 is 15.9 Å². The first kappa shape index (κ1) is 12.7. The highest BCUT2D eigenvalue weighted by atomic mass is 79.9. The zero-order valence-electron chi connectivity index (χ0n) is 9.63. The molecule has 0 aliphatic heterocycles. The number of likely N-dealkylation sites (N-methyl/N-ethyl adjacent to an activating group) is 1. The van der Waals surface area contributed by atoms with E-state index in [-0.39, 0.29) is 0 Å². The summed E-state index contributed by atoms with van der Waals surface area (Å²) in [6.07, 6.45) is 0. The van der Waals surface area contributed by atoms with Crippen LogP contribution in [0.1, 0.15) is 18.5 Å². The molecule has 1 aromatic carbocycles. The molecule has 84 valence electrons. The molecule has 0 amide bonds. The van der Waals surface area contributed by atoms with E-state index in [4.69, 9.17) is 0 Å². The van der Waals surface area contributed by atoms with E-state index in [0.29, 0.717) is 6.04 Å². The van der Waals surface area contributed by atoms with Crippen LogP contribution < -0.4 is 5.32 Å². The molecule has 3 heteroatoms. The fourth-order valence-electron chi connectivity index (χ4n) is 1.44. The van der Waals surface area contributed by atoms with Crippen molar-refractivity contribution in [3.05, 3.63) is 34.3 Å². The molecule has 0 bridgehead atoms. The van der Waals surface area contributed by atoms with Crippen LogP contribution in [0.5, 0.6) is 0 Å². The predicted octanol–water partition coefficient (Wildman–Crippen LogP) is 2.66. The van der Waals surface area contributed by atoms with Crippen molar-refractivity contribution in [2.45, 2.75) is 13.0 Å². The van der Waals surface area contributed by atoms with Gasteiger partial charge in [0.1, 0.15) is 0 Å². The smallest absolute Gasteiger partial charge is 0.0303 e. The quantitative estimate of drug-likeness (QED) is 0.885. The lowest BCUT2D eigenvalue weighted by atomic mass is 10.1. The van der Waals surface area contributed by atoms with Crippen molar-refractivity contribution >= 4 is 15.9 Å². The monoisotopic (exact) mass is 270 g/mol. The molecule has 1 N–H and O–H groups in total. The third-order valence-electron chi connectivity index (χ3n) is 2.38. The van der Waals surface area contributed by atoms with Crippen LogP contribution in [-0.2, 0) is 0 Å². The van der Waals surface area contributed by atoms with E-state index in [1.807, 2.05) is 6.07 Å². The van der Waals surface area contributed by atoms with Gasteiger partial charge in [-0.15, -0.1) is 0 Å². The van der Waals surface area contributed by atoms with Gasteiger partial charge < -0.3 is 10.2 Å². The Morgan fingerprint density at radius 3 is 2.60 bits per heavy atom. The van der Waals surface area contributed by atoms with E-state index < -0.39 is 0 Å². The molecule has 0 radical (unpaired) electrons. The molecule has 0 aromatic heterocycles. The summed E-state index contributed by atoms with van der Waals surface area (Å²) in [6, 6.07) is 8.74. The van der Waals surface area contributed by atoms with Crippen LogP contribution in [0.15, 0.2) is 28.7 Å². The standard InChI is InChI=1S/C12H19BrN2/c1-10(14-8-9-15(2)3)11-6-4-5-7-12(11)13/h4-7,10,14H,8-9H2,1-3H3/t10-/m1/s1. The van der Waals surface area contributed by atoms with Crippen LogP contribution in [0.25, 0.3) is 0 Å². The van der Waals surface area contributed by atoms with Gasteiger partial charge in [0.05, 0.1) is 0 Å². The van der Waals surface area contributed by atoms with Crippen molar-refractivity contribution in [1.82, 2.24) is 10.2 Å². The molecule has 0 fully saturated rings. The largest absolute Gasteiger partial charge is 0.309 e. The molecule has 0 heterocycles. The van der Waals surface area contributed by atoms with Gasteiger partial charge in [-0.3, -0.25) is 0 Å². The predicted molar refractivity (Wildman–Crippen MR) is 69.1 cm³/mol. The second kappa shape index (κ2) is 6.26. The molecular formula is C12H19BrN2. The van der Waals surface area contributed by atoms with Gasteiger partial charge in [-0.2, -0.15) is 0 Å². The summed E-state index contributed by atoms with van der Waals surface area (Å²) in [6.45, 7) is 4.26. The van der Waals surface area contributed by atoms with Crippen molar-refractivity contribution in [3.63, 3.8) is 0 Å². The SMILES string of the molecule is C[C@@H](NCCN(C)C)c1ccccc1Br. The van der Waals surface area contributed by atoms with Gasteiger partial charge in [-0.1, -0.05) is 34.1 Å². The summed E-state index contributed by atoms with van der Waals surface area (Å²) >= 11 is 3.57. The summed E-state index contributed by atoms with van der Waals surface area (Å²) in [5.74, 6) is 0. The summed E-state index contributed by atoms with van der Waals surface area (Å²) < 4.78 is 1.18. The summed E-state index contributed by atoms with van der Waals surface area (Å²) in [5, 5.41) is 3.50. The van der Waals surface area contributed by atoms with Crippen molar-refractivity contribution in [1.29, 1.82) is 0 Å². The number of benzene rings is 1. The minimum atomic E-state index is 0.389. The first-order valence-corrected chi connectivity index (χ1v) is 6.03. The number of nitrogens with one attached hydrogen (secondary N) is 1. The van der Waals surface area contributed by atoms with Crippen LogP contribution in [0.3, 0.4) is 0 Å². The highest BCUT2D eigenvalue weighted by molar-refractivity contribution is 9.10. The van der Waals surface area contributed by atoms with Crippen molar-refractivity contribution in [2.24, 2.45) is 0 Å². The average Bonchev–Trinajstić information content (AvgIpc) is 2.17. The third kappa shape index (κ3) is 4.33. The molecule has 1 rings (SSSR count). The lowest BCUT2D eigenvalue weighted by Crippen LogP contribution is -2.28. The van der Waals surface area contributed by atoms with Gasteiger partial charge in [0, 0.05) is 23.6 Å². The Labute approximate surface area is 101 Å². The Bertz CT molecular complexity index is 299. The Kier molecular flexibility index (Phi) is 5.29. The van der Waals surface area contributed by atoms with Crippen LogP contribution in [0, 0.1) is 0 Å². The number of hydrogen-bond acceptors (Lipinski definition) is 2. The number of nitrogens with zero attached hydrogens (tertiary/aromatic N) is 1. The maximum atomic E-state index is 3.57. The van der Waals surface area contributed by atoms with Crippen molar-refractivity contribution in [2.75, 3.05) is 27.2 Å². The maximum Gasteiger partial charge on any atom is 0.0303 e.